The molecule has 0 aliphatic heterocycles. The molecule has 0 aliphatic rings. The van der Waals surface area contributed by atoms with Crippen molar-refractivity contribution >= 4 is 16.9 Å². The number of benzene rings is 1. The Morgan fingerprint density at radius 1 is 1.38 bits per heavy atom. The van der Waals surface area contributed by atoms with Gasteiger partial charge in [-0.3, -0.25) is 14.7 Å². The van der Waals surface area contributed by atoms with Gasteiger partial charge in [-0.2, -0.15) is 0 Å². The van der Waals surface area contributed by atoms with Crippen LogP contribution in [0.15, 0.2) is 49.2 Å². The van der Waals surface area contributed by atoms with E-state index in [1.54, 1.807) is 12.3 Å². The lowest BCUT2D eigenvalue weighted by Gasteiger charge is -2.20. The van der Waals surface area contributed by atoms with Crippen LogP contribution in [0.4, 0.5) is 0 Å². The Morgan fingerprint density at radius 2 is 2.19 bits per heavy atom. The van der Waals surface area contributed by atoms with E-state index >= 15 is 0 Å². The first-order valence-electron chi connectivity index (χ1n) is 7.06. The second-order valence-electron chi connectivity index (χ2n) is 4.75. The van der Waals surface area contributed by atoms with Crippen molar-refractivity contribution in [1.29, 1.82) is 0 Å². The summed E-state index contributed by atoms with van der Waals surface area (Å²) < 4.78 is 5.02. The van der Waals surface area contributed by atoms with E-state index in [1.807, 2.05) is 42.2 Å². The molecule has 0 saturated carbocycles. The Kier molecular flexibility index (Phi) is 5.46. The van der Waals surface area contributed by atoms with Crippen molar-refractivity contribution in [1.82, 2.24) is 9.88 Å². The van der Waals surface area contributed by atoms with Gasteiger partial charge in [0.05, 0.1) is 18.7 Å². The molecule has 4 nitrogen and oxygen atoms in total. The van der Waals surface area contributed by atoms with Crippen LogP contribution < -0.4 is 0 Å². The fourth-order valence-corrected chi connectivity index (χ4v) is 2.29. The molecule has 0 radical (unpaired) electrons. The van der Waals surface area contributed by atoms with E-state index < -0.39 is 0 Å². The summed E-state index contributed by atoms with van der Waals surface area (Å²) in [5, 5.41) is 1.11. The van der Waals surface area contributed by atoms with Gasteiger partial charge in [0.2, 0.25) is 0 Å². The van der Waals surface area contributed by atoms with E-state index in [2.05, 4.69) is 11.6 Å². The number of nitrogens with zero attached hydrogens (tertiary/aromatic N) is 2. The molecular formula is C17H20N2O2. The first kappa shape index (κ1) is 15.2. The SMILES string of the molecule is C=CCN(CC(=O)OCC)Cc1ccnc2ccccc12. The lowest BCUT2D eigenvalue weighted by molar-refractivity contribution is -0.144. The van der Waals surface area contributed by atoms with Crippen LogP contribution in [0.25, 0.3) is 10.9 Å². The molecular weight excluding hydrogens is 264 g/mol. The molecule has 0 atom stereocenters. The van der Waals surface area contributed by atoms with Crippen molar-refractivity contribution in [2.75, 3.05) is 19.7 Å². The molecule has 110 valence electrons. The van der Waals surface area contributed by atoms with Crippen molar-refractivity contribution in [3.8, 4) is 0 Å². The van der Waals surface area contributed by atoms with Gasteiger partial charge in [0.25, 0.3) is 0 Å². The Bertz CT molecular complexity index is 620. The molecule has 2 rings (SSSR count). The highest BCUT2D eigenvalue weighted by Gasteiger charge is 2.12. The van der Waals surface area contributed by atoms with Crippen molar-refractivity contribution in [2.45, 2.75) is 13.5 Å². The van der Waals surface area contributed by atoms with Gasteiger partial charge < -0.3 is 4.74 Å². The minimum atomic E-state index is -0.210. The maximum absolute atomic E-state index is 11.7. The van der Waals surface area contributed by atoms with Gasteiger partial charge in [0, 0.05) is 24.7 Å². The third kappa shape index (κ3) is 4.13. The van der Waals surface area contributed by atoms with Crippen LogP contribution >= 0.6 is 0 Å². The van der Waals surface area contributed by atoms with Crippen LogP contribution in [0.1, 0.15) is 12.5 Å². The summed E-state index contributed by atoms with van der Waals surface area (Å²) in [4.78, 5) is 18.0. The molecule has 0 amide bonds. The number of ether oxygens (including phenoxy) is 1. The number of hydrogen-bond donors (Lipinski definition) is 0. The van der Waals surface area contributed by atoms with Crippen LogP contribution in [-0.4, -0.2) is 35.5 Å². The molecule has 2 aromatic rings. The molecule has 1 aromatic heterocycles. The summed E-state index contributed by atoms with van der Waals surface area (Å²) in [7, 11) is 0. The molecule has 0 fully saturated rings. The van der Waals surface area contributed by atoms with E-state index in [0.29, 0.717) is 19.7 Å². The fraction of sp³-hybridized carbons (Fsp3) is 0.294. The lowest BCUT2D eigenvalue weighted by Crippen LogP contribution is -2.30. The van der Waals surface area contributed by atoms with E-state index in [-0.39, 0.29) is 12.5 Å². The third-order valence-corrected chi connectivity index (χ3v) is 3.18. The monoisotopic (exact) mass is 284 g/mol. The van der Waals surface area contributed by atoms with Gasteiger partial charge in [0.15, 0.2) is 0 Å². The number of para-hydroxylation sites is 1. The Balaban J connectivity index is 2.18. The van der Waals surface area contributed by atoms with Gasteiger partial charge in [-0.25, -0.2) is 0 Å². The molecule has 21 heavy (non-hydrogen) atoms. The van der Waals surface area contributed by atoms with E-state index in [1.165, 1.54) is 0 Å². The van der Waals surface area contributed by atoms with Crippen LogP contribution in [0, 0.1) is 0 Å². The van der Waals surface area contributed by atoms with Gasteiger partial charge in [-0.1, -0.05) is 24.3 Å². The van der Waals surface area contributed by atoms with Gasteiger partial charge in [-0.05, 0) is 24.6 Å². The molecule has 0 aliphatic carbocycles. The average Bonchev–Trinajstić information content (AvgIpc) is 2.48. The zero-order chi connectivity index (χ0) is 15.1. The zero-order valence-electron chi connectivity index (χ0n) is 12.3. The van der Waals surface area contributed by atoms with Crippen LogP contribution in [-0.2, 0) is 16.1 Å². The van der Waals surface area contributed by atoms with Gasteiger partial charge in [0.1, 0.15) is 0 Å². The van der Waals surface area contributed by atoms with Gasteiger partial charge in [-0.15, -0.1) is 6.58 Å². The van der Waals surface area contributed by atoms with Gasteiger partial charge >= 0.3 is 5.97 Å². The predicted molar refractivity (Wildman–Crippen MR) is 83.9 cm³/mol. The number of rotatable bonds is 7. The summed E-state index contributed by atoms with van der Waals surface area (Å²) >= 11 is 0. The second kappa shape index (κ2) is 7.55. The first-order valence-corrected chi connectivity index (χ1v) is 7.06. The molecule has 1 aromatic carbocycles. The summed E-state index contributed by atoms with van der Waals surface area (Å²) in [6, 6.07) is 10.00. The summed E-state index contributed by atoms with van der Waals surface area (Å²) in [5.41, 5.74) is 2.11. The zero-order valence-corrected chi connectivity index (χ0v) is 12.3. The normalized spacial score (nSPS) is 10.8. The van der Waals surface area contributed by atoms with Crippen molar-refractivity contribution in [3.63, 3.8) is 0 Å². The molecule has 1 heterocycles. The number of pyridine rings is 1. The number of fused-ring (bicyclic) bond motifs is 1. The molecule has 0 saturated heterocycles. The van der Waals surface area contributed by atoms with E-state index in [0.717, 1.165) is 16.5 Å². The maximum Gasteiger partial charge on any atom is 0.320 e. The molecule has 0 unspecified atom stereocenters. The van der Waals surface area contributed by atoms with E-state index in [9.17, 15) is 4.79 Å². The number of carbonyl (C=O) groups is 1. The smallest absolute Gasteiger partial charge is 0.320 e. The Labute approximate surface area is 125 Å². The Hall–Kier alpha value is -2.20. The lowest BCUT2D eigenvalue weighted by atomic mass is 10.1. The van der Waals surface area contributed by atoms with Crippen molar-refractivity contribution in [2.24, 2.45) is 0 Å². The summed E-state index contributed by atoms with van der Waals surface area (Å²) in [5.74, 6) is -0.210. The molecule has 0 N–H and O–H groups in total. The largest absolute Gasteiger partial charge is 0.465 e. The average molecular weight is 284 g/mol. The van der Waals surface area contributed by atoms with Crippen molar-refractivity contribution < 1.29 is 9.53 Å². The fourth-order valence-electron chi connectivity index (χ4n) is 2.29. The summed E-state index contributed by atoms with van der Waals surface area (Å²) in [6.45, 7) is 7.52. The highest BCUT2D eigenvalue weighted by atomic mass is 16.5. The highest BCUT2D eigenvalue weighted by molar-refractivity contribution is 5.81. The quantitative estimate of drug-likeness (QED) is 0.579. The molecule has 0 spiro atoms. The van der Waals surface area contributed by atoms with Crippen LogP contribution in [0.3, 0.4) is 0 Å². The van der Waals surface area contributed by atoms with Crippen LogP contribution in [0.2, 0.25) is 0 Å². The second-order valence-corrected chi connectivity index (χ2v) is 4.75. The molecule has 0 bridgehead atoms. The summed E-state index contributed by atoms with van der Waals surface area (Å²) in [6.07, 6.45) is 3.59. The number of esters is 1. The Morgan fingerprint density at radius 3 is 2.95 bits per heavy atom. The highest BCUT2D eigenvalue weighted by Crippen LogP contribution is 2.17. The first-order chi connectivity index (χ1) is 10.2. The number of carbonyl (C=O) groups excluding carboxylic acids is 1. The minimum Gasteiger partial charge on any atom is -0.465 e. The van der Waals surface area contributed by atoms with Crippen molar-refractivity contribution in [3.05, 3.63) is 54.7 Å². The maximum atomic E-state index is 11.7. The van der Waals surface area contributed by atoms with E-state index in [4.69, 9.17) is 4.74 Å². The van der Waals surface area contributed by atoms with Crippen LogP contribution in [0.5, 0.6) is 0 Å². The standard InChI is InChI=1S/C17H20N2O2/c1-3-11-19(13-17(20)21-4-2)12-14-9-10-18-16-8-6-5-7-15(14)16/h3,5-10H,1,4,11-13H2,2H3. The minimum absolute atomic E-state index is 0.210. The topological polar surface area (TPSA) is 42.4 Å². The third-order valence-electron chi connectivity index (χ3n) is 3.18. The number of aromatic nitrogens is 1. The molecule has 4 heteroatoms. The number of hydrogen-bond acceptors (Lipinski definition) is 4. The predicted octanol–water partition coefficient (Wildman–Crippen LogP) is 2.79.